The van der Waals surface area contributed by atoms with E-state index in [1.54, 1.807) is 0 Å². The van der Waals surface area contributed by atoms with E-state index >= 15 is 0 Å². The van der Waals surface area contributed by atoms with Crippen molar-refractivity contribution in [2.45, 2.75) is 0 Å². The molecule has 40 heavy (non-hydrogen) atoms. The van der Waals surface area contributed by atoms with E-state index in [-0.39, 0.29) is 0 Å². The lowest BCUT2D eigenvalue weighted by Gasteiger charge is -2.14. The Morgan fingerprint density at radius 1 is 0.475 bits per heavy atom. The van der Waals surface area contributed by atoms with E-state index in [0.717, 1.165) is 33.5 Å². The van der Waals surface area contributed by atoms with Gasteiger partial charge in [0.15, 0.2) is 0 Å². The van der Waals surface area contributed by atoms with Crippen LogP contribution < -0.4 is 0 Å². The smallest absolute Gasteiger partial charge is 0.210 e. The Labute approximate surface area is 231 Å². The Balaban J connectivity index is 1.44. The quantitative estimate of drug-likeness (QED) is 0.210. The summed E-state index contributed by atoms with van der Waals surface area (Å²) < 4.78 is 4.62. The molecule has 0 atom stereocenters. The van der Waals surface area contributed by atoms with Crippen molar-refractivity contribution in [1.82, 2.24) is 9.13 Å². The number of hydrogen-bond donors (Lipinski definition) is 0. The maximum Gasteiger partial charge on any atom is 0.210 e. The predicted molar refractivity (Wildman–Crippen MR) is 167 cm³/mol. The number of rotatable bonds is 3. The van der Waals surface area contributed by atoms with Crippen LogP contribution in [0, 0.1) is 6.57 Å². The van der Waals surface area contributed by atoms with Crippen LogP contribution in [0.5, 0.6) is 0 Å². The first-order valence-electron chi connectivity index (χ1n) is 13.4. The predicted octanol–water partition coefficient (Wildman–Crippen LogP) is 10.1. The van der Waals surface area contributed by atoms with E-state index in [0.29, 0.717) is 5.69 Å². The maximum absolute atomic E-state index is 7.87. The van der Waals surface area contributed by atoms with Gasteiger partial charge in [0.1, 0.15) is 0 Å². The third-order valence-corrected chi connectivity index (χ3v) is 7.93. The lowest BCUT2D eigenvalue weighted by molar-refractivity contribution is 1.18. The number of aromatic nitrogens is 2. The average Bonchev–Trinajstić information content (AvgIpc) is 3.54. The van der Waals surface area contributed by atoms with Crippen molar-refractivity contribution >= 4 is 49.3 Å². The second-order valence-corrected chi connectivity index (χ2v) is 10.1. The molecule has 0 N–H and O–H groups in total. The number of hydrogen-bond acceptors (Lipinski definition) is 0. The number of nitrogens with zero attached hydrogens (tertiary/aromatic N) is 3. The molecule has 0 spiro atoms. The molecule has 0 aliphatic carbocycles. The molecule has 0 radical (unpaired) electrons. The maximum atomic E-state index is 7.87. The first kappa shape index (κ1) is 22.4. The molecule has 8 rings (SSSR count). The van der Waals surface area contributed by atoms with Gasteiger partial charge in [-0.2, -0.15) is 0 Å². The fraction of sp³-hybridized carbons (Fsp3) is 0. The van der Waals surface area contributed by atoms with Crippen LogP contribution in [0.3, 0.4) is 0 Å². The van der Waals surface area contributed by atoms with Gasteiger partial charge in [0.05, 0.1) is 34.3 Å². The zero-order valence-corrected chi connectivity index (χ0v) is 21.6. The van der Waals surface area contributed by atoms with Gasteiger partial charge in [-0.05, 0) is 42.0 Å². The van der Waals surface area contributed by atoms with Gasteiger partial charge >= 0.3 is 0 Å². The highest BCUT2D eigenvalue weighted by Crippen LogP contribution is 2.41. The molecule has 0 saturated carbocycles. The molecule has 0 aliphatic heterocycles. The van der Waals surface area contributed by atoms with Crippen LogP contribution in [0.15, 0.2) is 140 Å². The number of benzene rings is 6. The molecule has 3 nitrogen and oxygen atoms in total. The SMILES string of the molecule is [C-]#[N+]c1ccccc1-n1c2ccccc2c2cccc(-c3cccc(-n4c5ccccc5c5ccccc54)c3)c21. The first-order chi connectivity index (χ1) is 19.8. The Morgan fingerprint density at radius 2 is 1.02 bits per heavy atom. The third-order valence-electron chi connectivity index (χ3n) is 7.93. The van der Waals surface area contributed by atoms with Crippen LogP contribution in [-0.4, -0.2) is 9.13 Å². The second-order valence-electron chi connectivity index (χ2n) is 10.1. The van der Waals surface area contributed by atoms with Gasteiger partial charge in [-0.15, -0.1) is 0 Å². The molecule has 0 saturated heterocycles. The third kappa shape index (κ3) is 3.17. The molecule has 186 valence electrons. The van der Waals surface area contributed by atoms with E-state index in [2.05, 4.69) is 129 Å². The van der Waals surface area contributed by atoms with Crippen LogP contribution in [0.1, 0.15) is 0 Å². The molecule has 2 heterocycles. The largest absolute Gasteiger partial charge is 0.318 e. The molecule has 0 fully saturated rings. The van der Waals surface area contributed by atoms with Crippen LogP contribution in [0.4, 0.5) is 5.69 Å². The standard InChI is InChI=1S/C37H23N3/c1-38-32-19-5-9-23-36(32)40-35-22-8-4-16-30(35)31-18-11-17-27(37(31)40)25-12-10-13-26(24-25)39-33-20-6-2-14-28(33)29-15-3-7-21-34(29)39/h2-24H. The summed E-state index contributed by atoms with van der Waals surface area (Å²) in [6.45, 7) is 7.87. The van der Waals surface area contributed by atoms with E-state index in [1.165, 1.54) is 32.6 Å². The minimum atomic E-state index is 0.638. The number of fused-ring (bicyclic) bond motifs is 6. The fourth-order valence-corrected chi connectivity index (χ4v) is 6.26. The molecular weight excluding hydrogens is 486 g/mol. The lowest BCUT2D eigenvalue weighted by Crippen LogP contribution is -1.97. The van der Waals surface area contributed by atoms with Crippen LogP contribution >= 0.6 is 0 Å². The second kappa shape index (κ2) is 8.73. The van der Waals surface area contributed by atoms with Crippen LogP contribution in [0.25, 0.3) is 71.0 Å². The van der Waals surface area contributed by atoms with Crippen molar-refractivity contribution in [3.8, 4) is 22.5 Å². The average molecular weight is 510 g/mol. The molecule has 8 aromatic rings. The van der Waals surface area contributed by atoms with Gasteiger partial charge in [-0.25, -0.2) is 4.85 Å². The number of para-hydroxylation sites is 6. The van der Waals surface area contributed by atoms with Gasteiger partial charge < -0.3 is 9.13 Å². The molecule has 0 amide bonds. The highest BCUT2D eigenvalue weighted by atomic mass is 15.0. The summed E-state index contributed by atoms with van der Waals surface area (Å²) in [5.41, 5.74) is 9.52. The summed E-state index contributed by atoms with van der Waals surface area (Å²) in [5, 5.41) is 4.86. The van der Waals surface area contributed by atoms with Crippen LogP contribution in [0.2, 0.25) is 0 Å². The van der Waals surface area contributed by atoms with E-state index in [4.69, 9.17) is 6.57 Å². The monoisotopic (exact) mass is 509 g/mol. The topological polar surface area (TPSA) is 14.2 Å². The molecule has 0 aliphatic rings. The molecule has 2 aromatic heterocycles. The van der Waals surface area contributed by atoms with Gasteiger partial charge in [0, 0.05) is 32.8 Å². The van der Waals surface area contributed by atoms with Crippen LogP contribution in [-0.2, 0) is 0 Å². The molecular formula is C37H23N3. The van der Waals surface area contributed by atoms with Gasteiger partial charge in [0.25, 0.3) is 0 Å². The van der Waals surface area contributed by atoms with Crippen molar-refractivity contribution in [1.29, 1.82) is 0 Å². The highest BCUT2D eigenvalue weighted by Gasteiger charge is 2.19. The van der Waals surface area contributed by atoms with E-state index < -0.39 is 0 Å². The van der Waals surface area contributed by atoms with Crippen molar-refractivity contribution < 1.29 is 0 Å². The Kier molecular flexibility index (Phi) is 4.89. The Bertz CT molecular complexity index is 2240. The molecule has 3 heteroatoms. The van der Waals surface area contributed by atoms with Crippen molar-refractivity contribution in [3.05, 3.63) is 151 Å². The molecule has 0 bridgehead atoms. The van der Waals surface area contributed by atoms with E-state index in [1.807, 2.05) is 24.3 Å². The summed E-state index contributed by atoms with van der Waals surface area (Å²) in [7, 11) is 0. The molecule has 0 unspecified atom stereocenters. The minimum absolute atomic E-state index is 0.638. The van der Waals surface area contributed by atoms with Gasteiger partial charge in [0.2, 0.25) is 5.69 Å². The minimum Gasteiger partial charge on any atom is -0.318 e. The summed E-state index contributed by atoms with van der Waals surface area (Å²) in [5.74, 6) is 0. The fourth-order valence-electron chi connectivity index (χ4n) is 6.26. The Morgan fingerprint density at radius 3 is 1.73 bits per heavy atom. The van der Waals surface area contributed by atoms with Gasteiger partial charge in [-0.3, -0.25) is 0 Å². The summed E-state index contributed by atoms with van der Waals surface area (Å²) in [4.78, 5) is 3.87. The van der Waals surface area contributed by atoms with Crippen molar-refractivity contribution in [3.63, 3.8) is 0 Å². The van der Waals surface area contributed by atoms with E-state index in [9.17, 15) is 0 Å². The first-order valence-corrected chi connectivity index (χ1v) is 13.4. The molecule has 6 aromatic carbocycles. The summed E-state index contributed by atoms with van der Waals surface area (Å²) >= 11 is 0. The highest BCUT2D eigenvalue weighted by molar-refractivity contribution is 6.14. The zero-order chi connectivity index (χ0) is 26.6. The van der Waals surface area contributed by atoms with Crippen molar-refractivity contribution in [2.75, 3.05) is 0 Å². The van der Waals surface area contributed by atoms with Crippen molar-refractivity contribution in [2.24, 2.45) is 0 Å². The lowest BCUT2D eigenvalue weighted by atomic mass is 10.0. The van der Waals surface area contributed by atoms with Gasteiger partial charge in [-0.1, -0.05) is 103 Å². The summed E-state index contributed by atoms with van der Waals surface area (Å²) in [6.07, 6.45) is 0. The zero-order valence-electron chi connectivity index (χ0n) is 21.6. The Hall–Kier alpha value is -5.59. The normalized spacial score (nSPS) is 11.5. The summed E-state index contributed by atoms with van der Waals surface area (Å²) in [6, 6.07) is 48.9.